The van der Waals surface area contributed by atoms with Crippen LogP contribution in [0.5, 0.6) is 5.75 Å². The Morgan fingerprint density at radius 3 is 2.50 bits per heavy atom. The molecule has 0 unspecified atom stereocenters. The molecule has 1 fully saturated rings. The highest BCUT2D eigenvalue weighted by molar-refractivity contribution is 7.91. The summed E-state index contributed by atoms with van der Waals surface area (Å²) in [5.41, 5.74) is 1.03. The van der Waals surface area contributed by atoms with E-state index in [0.717, 1.165) is 35.7 Å². The molecule has 3 rings (SSSR count). The molecule has 2 aromatic rings. The number of ether oxygens (including phenoxy) is 2. The number of nitrogens with one attached hydrogen (secondary N) is 1. The molecule has 1 saturated heterocycles. The van der Waals surface area contributed by atoms with Crippen LogP contribution in [0.25, 0.3) is 0 Å². The number of hydrogen-bond donors (Lipinski definition) is 1. The summed E-state index contributed by atoms with van der Waals surface area (Å²) in [5.74, 6) is 0.767. The van der Waals surface area contributed by atoms with Crippen molar-refractivity contribution in [3.63, 3.8) is 0 Å². The molecule has 1 aliphatic heterocycles. The third-order valence-corrected chi connectivity index (χ3v) is 7.41. The molecule has 0 radical (unpaired) electrons. The van der Waals surface area contributed by atoms with Crippen molar-refractivity contribution in [3.8, 4) is 5.75 Å². The number of halogens is 1. The van der Waals surface area contributed by atoms with Crippen LogP contribution in [-0.2, 0) is 14.8 Å². The van der Waals surface area contributed by atoms with Gasteiger partial charge < -0.3 is 9.47 Å². The molecule has 0 amide bonds. The van der Waals surface area contributed by atoms with Crippen LogP contribution in [0.2, 0.25) is 4.34 Å². The number of nitrogens with zero attached hydrogens (tertiary/aromatic N) is 1. The Hall–Kier alpha value is -1.16. The Bertz CT molecular complexity index is 818. The van der Waals surface area contributed by atoms with Crippen LogP contribution >= 0.6 is 22.9 Å². The van der Waals surface area contributed by atoms with Crippen LogP contribution < -0.4 is 9.46 Å². The van der Waals surface area contributed by atoms with Crippen LogP contribution in [0, 0.1) is 0 Å². The maximum atomic E-state index is 12.5. The predicted octanol–water partition coefficient (Wildman–Crippen LogP) is 2.76. The van der Waals surface area contributed by atoms with Crippen molar-refractivity contribution < 1.29 is 17.9 Å². The van der Waals surface area contributed by atoms with Crippen molar-refractivity contribution in [1.29, 1.82) is 0 Å². The average Bonchev–Trinajstić information content (AvgIpc) is 3.11. The van der Waals surface area contributed by atoms with Gasteiger partial charge in [0, 0.05) is 25.7 Å². The van der Waals surface area contributed by atoms with Gasteiger partial charge in [-0.2, -0.15) is 0 Å². The largest absolute Gasteiger partial charge is 0.497 e. The average molecular weight is 417 g/mol. The van der Waals surface area contributed by atoms with Crippen molar-refractivity contribution in [1.82, 2.24) is 9.62 Å². The fraction of sp³-hybridized carbons (Fsp3) is 0.412. The first kappa shape index (κ1) is 19.6. The number of methoxy groups -OCH3 is 1. The first-order valence-corrected chi connectivity index (χ1v) is 10.9. The van der Waals surface area contributed by atoms with E-state index in [2.05, 4.69) is 9.62 Å². The zero-order chi connectivity index (χ0) is 18.6. The van der Waals surface area contributed by atoms with Gasteiger partial charge in [-0.1, -0.05) is 23.7 Å². The van der Waals surface area contributed by atoms with Gasteiger partial charge in [0.2, 0.25) is 10.0 Å². The molecule has 1 atom stereocenters. The SMILES string of the molecule is COc1ccc([C@@H](CNS(=O)(=O)c2ccc(Cl)s2)N2CCOCC2)cc1. The van der Waals surface area contributed by atoms with Gasteiger partial charge in [0.1, 0.15) is 9.96 Å². The molecule has 0 spiro atoms. The summed E-state index contributed by atoms with van der Waals surface area (Å²) >= 11 is 6.92. The van der Waals surface area contributed by atoms with E-state index in [9.17, 15) is 8.42 Å². The highest BCUT2D eigenvalue weighted by Crippen LogP contribution is 2.27. The maximum Gasteiger partial charge on any atom is 0.250 e. The van der Waals surface area contributed by atoms with Crippen molar-refractivity contribution in [2.75, 3.05) is 40.0 Å². The van der Waals surface area contributed by atoms with Gasteiger partial charge in [-0.3, -0.25) is 4.90 Å². The molecule has 0 aliphatic carbocycles. The van der Waals surface area contributed by atoms with Gasteiger partial charge in [0.05, 0.1) is 24.7 Å². The Morgan fingerprint density at radius 1 is 1.23 bits per heavy atom. The molecule has 26 heavy (non-hydrogen) atoms. The minimum atomic E-state index is -3.59. The molecule has 0 saturated carbocycles. The number of benzene rings is 1. The molecule has 6 nitrogen and oxygen atoms in total. The second-order valence-electron chi connectivity index (χ2n) is 5.85. The van der Waals surface area contributed by atoms with Crippen LogP contribution in [0.1, 0.15) is 11.6 Å². The van der Waals surface area contributed by atoms with Crippen LogP contribution in [0.15, 0.2) is 40.6 Å². The minimum absolute atomic E-state index is 0.0879. The number of morpholine rings is 1. The molecule has 0 bridgehead atoms. The normalized spacial score (nSPS) is 17.2. The monoisotopic (exact) mass is 416 g/mol. The van der Waals surface area contributed by atoms with Gasteiger partial charge in [-0.05, 0) is 29.8 Å². The fourth-order valence-corrected chi connectivity index (χ4v) is 5.44. The maximum absolute atomic E-state index is 12.5. The predicted molar refractivity (Wildman–Crippen MR) is 103 cm³/mol. The summed E-state index contributed by atoms with van der Waals surface area (Å²) in [7, 11) is -1.97. The molecule has 142 valence electrons. The second kappa shape index (κ2) is 8.69. The van der Waals surface area contributed by atoms with Gasteiger partial charge in [-0.25, -0.2) is 13.1 Å². The van der Waals surface area contributed by atoms with E-state index in [-0.39, 0.29) is 16.8 Å². The quantitative estimate of drug-likeness (QED) is 0.751. The lowest BCUT2D eigenvalue weighted by Crippen LogP contribution is -2.43. The topological polar surface area (TPSA) is 67.9 Å². The van der Waals surface area contributed by atoms with E-state index >= 15 is 0 Å². The van der Waals surface area contributed by atoms with Crippen molar-refractivity contribution in [2.45, 2.75) is 10.3 Å². The third-order valence-electron chi connectivity index (χ3n) is 4.27. The summed E-state index contributed by atoms with van der Waals surface area (Å²) in [4.78, 5) is 2.23. The van der Waals surface area contributed by atoms with Crippen LogP contribution in [0.3, 0.4) is 0 Å². The molecule has 1 aromatic heterocycles. The number of rotatable bonds is 7. The summed E-state index contributed by atoms with van der Waals surface area (Å²) in [5, 5.41) is 0. The van der Waals surface area contributed by atoms with Gasteiger partial charge in [0.25, 0.3) is 0 Å². The Morgan fingerprint density at radius 2 is 1.92 bits per heavy atom. The van der Waals surface area contributed by atoms with Gasteiger partial charge in [0.15, 0.2) is 0 Å². The second-order valence-corrected chi connectivity index (χ2v) is 9.56. The zero-order valence-corrected chi connectivity index (χ0v) is 16.7. The summed E-state index contributed by atoms with van der Waals surface area (Å²) in [6.45, 7) is 3.05. The molecular formula is C17H21ClN2O4S2. The fourth-order valence-electron chi connectivity index (χ4n) is 2.87. The lowest BCUT2D eigenvalue weighted by molar-refractivity contribution is 0.0172. The standard InChI is InChI=1S/C17H21ClN2O4S2/c1-23-14-4-2-13(3-5-14)15(20-8-10-24-11-9-20)12-19-26(21,22)17-7-6-16(18)25-17/h2-7,15,19H,8-12H2,1H3/t15-/m1/s1. The van der Waals surface area contributed by atoms with E-state index in [1.54, 1.807) is 13.2 Å². The van der Waals surface area contributed by atoms with Crippen LogP contribution in [-0.4, -0.2) is 53.3 Å². The van der Waals surface area contributed by atoms with E-state index in [0.29, 0.717) is 17.6 Å². The van der Waals surface area contributed by atoms with Crippen molar-refractivity contribution in [2.24, 2.45) is 0 Å². The van der Waals surface area contributed by atoms with Crippen LogP contribution in [0.4, 0.5) is 0 Å². The lowest BCUT2D eigenvalue weighted by Gasteiger charge is -2.34. The van der Waals surface area contributed by atoms with Crippen molar-refractivity contribution in [3.05, 3.63) is 46.3 Å². The molecule has 1 aliphatic rings. The molecule has 1 aromatic carbocycles. The van der Waals surface area contributed by atoms with E-state index < -0.39 is 10.0 Å². The summed E-state index contributed by atoms with van der Waals surface area (Å²) in [6.07, 6.45) is 0. The van der Waals surface area contributed by atoms with E-state index in [4.69, 9.17) is 21.1 Å². The lowest BCUT2D eigenvalue weighted by atomic mass is 10.0. The number of sulfonamides is 1. The highest BCUT2D eigenvalue weighted by Gasteiger charge is 2.25. The summed E-state index contributed by atoms with van der Waals surface area (Å²) in [6, 6.07) is 10.7. The van der Waals surface area contributed by atoms with E-state index in [1.165, 1.54) is 6.07 Å². The van der Waals surface area contributed by atoms with Gasteiger partial charge >= 0.3 is 0 Å². The van der Waals surface area contributed by atoms with Crippen molar-refractivity contribution >= 4 is 33.0 Å². The third kappa shape index (κ3) is 4.76. The summed E-state index contributed by atoms with van der Waals surface area (Å²) < 4.78 is 39.1. The zero-order valence-electron chi connectivity index (χ0n) is 14.4. The molecule has 2 heterocycles. The number of hydrogen-bond acceptors (Lipinski definition) is 6. The Balaban J connectivity index is 1.78. The molecule has 9 heteroatoms. The highest BCUT2D eigenvalue weighted by atomic mass is 35.5. The van der Waals surface area contributed by atoms with Gasteiger partial charge in [-0.15, -0.1) is 11.3 Å². The number of thiophene rings is 1. The molecular weight excluding hydrogens is 396 g/mol. The Kier molecular flexibility index (Phi) is 6.55. The Labute approximate surface area is 162 Å². The molecule has 1 N–H and O–H groups in total. The minimum Gasteiger partial charge on any atom is -0.497 e. The first-order chi connectivity index (χ1) is 12.5. The first-order valence-electron chi connectivity index (χ1n) is 8.20. The van der Waals surface area contributed by atoms with E-state index in [1.807, 2.05) is 24.3 Å². The smallest absolute Gasteiger partial charge is 0.250 e.